The molecular formula is C9H19N3O. The van der Waals surface area contributed by atoms with Gasteiger partial charge in [0.25, 0.3) is 0 Å². The molecule has 1 heterocycles. The molecule has 2 atom stereocenters. The van der Waals surface area contributed by atoms with E-state index in [1.807, 2.05) is 0 Å². The van der Waals surface area contributed by atoms with Gasteiger partial charge >= 0.3 is 0 Å². The second-order valence-electron chi connectivity index (χ2n) is 3.90. The zero-order valence-electron chi connectivity index (χ0n) is 8.42. The van der Waals surface area contributed by atoms with Gasteiger partial charge in [0, 0.05) is 12.6 Å². The van der Waals surface area contributed by atoms with Crippen LogP contribution in [0.25, 0.3) is 0 Å². The highest BCUT2D eigenvalue weighted by Gasteiger charge is 2.19. The van der Waals surface area contributed by atoms with Crippen molar-refractivity contribution in [1.82, 2.24) is 10.2 Å². The molecule has 0 aromatic heterocycles. The molecule has 13 heavy (non-hydrogen) atoms. The van der Waals surface area contributed by atoms with E-state index in [0.29, 0.717) is 0 Å². The van der Waals surface area contributed by atoms with Gasteiger partial charge < -0.3 is 16.0 Å². The maximum Gasteiger partial charge on any atom is 0.236 e. The largest absolute Gasteiger partial charge is 0.351 e. The molecule has 0 aliphatic carbocycles. The van der Waals surface area contributed by atoms with Crippen molar-refractivity contribution in [3.05, 3.63) is 0 Å². The Kier molecular flexibility index (Phi) is 3.69. The molecule has 0 aromatic carbocycles. The van der Waals surface area contributed by atoms with Crippen LogP contribution in [0.1, 0.15) is 19.8 Å². The third-order valence-electron chi connectivity index (χ3n) is 2.38. The van der Waals surface area contributed by atoms with Crippen LogP contribution in [0.2, 0.25) is 0 Å². The van der Waals surface area contributed by atoms with Crippen molar-refractivity contribution in [2.45, 2.75) is 31.8 Å². The fourth-order valence-electron chi connectivity index (χ4n) is 1.62. The van der Waals surface area contributed by atoms with E-state index >= 15 is 0 Å². The van der Waals surface area contributed by atoms with Crippen molar-refractivity contribution in [3.63, 3.8) is 0 Å². The van der Waals surface area contributed by atoms with E-state index in [9.17, 15) is 4.79 Å². The van der Waals surface area contributed by atoms with Crippen molar-refractivity contribution < 1.29 is 4.79 Å². The number of carbonyl (C=O) groups excluding carboxylic acids is 1. The van der Waals surface area contributed by atoms with Crippen molar-refractivity contribution in [2.75, 3.05) is 20.1 Å². The minimum atomic E-state index is -0.396. The molecule has 1 amide bonds. The van der Waals surface area contributed by atoms with Crippen molar-refractivity contribution >= 4 is 5.91 Å². The molecule has 0 spiro atoms. The summed E-state index contributed by atoms with van der Waals surface area (Å²) in [5.41, 5.74) is 5.46. The first kappa shape index (κ1) is 10.5. The zero-order valence-corrected chi connectivity index (χ0v) is 8.42. The van der Waals surface area contributed by atoms with E-state index in [4.69, 9.17) is 5.73 Å². The number of likely N-dealkylation sites (N-methyl/N-ethyl adjacent to an activating group) is 1. The first-order valence-electron chi connectivity index (χ1n) is 4.84. The van der Waals surface area contributed by atoms with Gasteiger partial charge in [-0.1, -0.05) is 0 Å². The number of nitrogens with zero attached hydrogens (tertiary/aromatic N) is 1. The van der Waals surface area contributed by atoms with E-state index in [0.717, 1.165) is 25.9 Å². The lowest BCUT2D eigenvalue weighted by molar-refractivity contribution is -0.123. The smallest absolute Gasteiger partial charge is 0.236 e. The van der Waals surface area contributed by atoms with Crippen LogP contribution in [0.3, 0.4) is 0 Å². The molecule has 76 valence electrons. The molecule has 1 fully saturated rings. The predicted molar refractivity (Wildman–Crippen MR) is 52.3 cm³/mol. The molecule has 1 rings (SSSR count). The van der Waals surface area contributed by atoms with Gasteiger partial charge in [0.15, 0.2) is 0 Å². The summed E-state index contributed by atoms with van der Waals surface area (Å²) < 4.78 is 0. The molecule has 3 N–H and O–H groups in total. The average Bonchev–Trinajstić information content (AvgIpc) is 2.04. The quantitative estimate of drug-likeness (QED) is 0.612. The Morgan fingerprint density at radius 1 is 1.69 bits per heavy atom. The van der Waals surface area contributed by atoms with Gasteiger partial charge in [-0.25, -0.2) is 0 Å². The highest BCUT2D eigenvalue weighted by atomic mass is 16.2. The van der Waals surface area contributed by atoms with Gasteiger partial charge in [0.1, 0.15) is 0 Å². The topological polar surface area (TPSA) is 58.4 Å². The third kappa shape index (κ3) is 3.32. The SMILES string of the molecule is C[C@H](N)C(=O)N[C@H]1CCCN(C)C1. The van der Waals surface area contributed by atoms with Crippen LogP contribution < -0.4 is 11.1 Å². The van der Waals surface area contributed by atoms with E-state index in [-0.39, 0.29) is 11.9 Å². The number of amides is 1. The number of hydrogen-bond donors (Lipinski definition) is 2. The molecule has 0 saturated carbocycles. The van der Waals surface area contributed by atoms with Crippen molar-refractivity contribution in [3.8, 4) is 0 Å². The van der Waals surface area contributed by atoms with Crippen LogP contribution >= 0.6 is 0 Å². The summed E-state index contributed by atoms with van der Waals surface area (Å²) >= 11 is 0. The van der Waals surface area contributed by atoms with Crippen LogP contribution in [0.5, 0.6) is 0 Å². The Hall–Kier alpha value is -0.610. The van der Waals surface area contributed by atoms with E-state index in [2.05, 4.69) is 17.3 Å². The molecule has 1 aliphatic heterocycles. The monoisotopic (exact) mass is 185 g/mol. The highest BCUT2D eigenvalue weighted by Crippen LogP contribution is 2.07. The van der Waals surface area contributed by atoms with Crippen molar-refractivity contribution in [2.24, 2.45) is 5.73 Å². The van der Waals surface area contributed by atoms with Crippen LogP contribution in [-0.4, -0.2) is 43.0 Å². The van der Waals surface area contributed by atoms with Crippen LogP contribution in [-0.2, 0) is 4.79 Å². The summed E-state index contributed by atoms with van der Waals surface area (Å²) in [6, 6.07) is -0.107. The fraction of sp³-hybridized carbons (Fsp3) is 0.889. The summed E-state index contributed by atoms with van der Waals surface area (Å²) in [6.45, 7) is 3.78. The lowest BCUT2D eigenvalue weighted by atomic mass is 10.1. The van der Waals surface area contributed by atoms with Gasteiger partial charge in [-0.15, -0.1) is 0 Å². The van der Waals surface area contributed by atoms with Crippen molar-refractivity contribution in [1.29, 1.82) is 0 Å². The summed E-state index contributed by atoms with van der Waals surface area (Å²) in [6.07, 6.45) is 2.23. The molecule has 0 aromatic rings. The van der Waals surface area contributed by atoms with Gasteiger partial charge in [-0.05, 0) is 33.4 Å². The standard InChI is InChI=1S/C9H19N3O/c1-7(10)9(13)11-8-4-3-5-12(2)6-8/h7-8H,3-6,10H2,1-2H3,(H,11,13)/t7-,8-/m0/s1. The Labute approximate surface area is 79.5 Å². The average molecular weight is 185 g/mol. The van der Waals surface area contributed by atoms with Gasteiger partial charge in [0.05, 0.1) is 6.04 Å². The second-order valence-corrected chi connectivity index (χ2v) is 3.90. The molecule has 0 bridgehead atoms. The van der Waals surface area contributed by atoms with E-state index < -0.39 is 6.04 Å². The Morgan fingerprint density at radius 2 is 2.38 bits per heavy atom. The third-order valence-corrected chi connectivity index (χ3v) is 2.38. The number of piperidine rings is 1. The Balaban J connectivity index is 2.31. The molecule has 4 heteroatoms. The fourth-order valence-corrected chi connectivity index (χ4v) is 1.62. The zero-order chi connectivity index (χ0) is 9.84. The number of carbonyl (C=O) groups is 1. The van der Waals surface area contributed by atoms with Gasteiger partial charge in [-0.2, -0.15) is 0 Å². The molecular weight excluding hydrogens is 166 g/mol. The molecule has 0 radical (unpaired) electrons. The first-order chi connectivity index (χ1) is 6.09. The maximum atomic E-state index is 11.3. The summed E-state index contributed by atoms with van der Waals surface area (Å²) in [5.74, 6) is -0.0414. The van der Waals surface area contributed by atoms with Gasteiger partial charge in [-0.3, -0.25) is 4.79 Å². The normalized spacial score (nSPS) is 26.8. The predicted octanol–water partition coefficient (Wildman–Crippen LogP) is -0.456. The van der Waals surface area contributed by atoms with E-state index in [1.54, 1.807) is 6.92 Å². The Morgan fingerprint density at radius 3 is 2.92 bits per heavy atom. The second kappa shape index (κ2) is 4.58. The van der Waals surface area contributed by atoms with Crippen LogP contribution in [0.4, 0.5) is 0 Å². The first-order valence-corrected chi connectivity index (χ1v) is 4.84. The van der Waals surface area contributed by atoms with Crippen LogP contribution in [0, 0.1) is 0 Å². The summed E-state index contributed by atoms with van der Waals surface area (Å²) in [4.78, 5) is 13.5. The number of rotatable bonds is 2. The number of nitrogens with one attached hydrogen (secondary N) is 1. The summed E-state index contributed by atoms with van der Waals surface area (Å²) in [5, 5.41) is 2.94. The highest BCUT2D eigenvalue weighted by molar-refractivity contribution is 5.81. The molecule has 1 saturated heterocycles. The molecule has 4 nitrogen and oxygen atoms in total. The lowest BCUT2D eigenvalue weighted by Gasteiger charge is -2.30. The molecule has 0 unspecified atom stereocenters. The number of nitrogens with two attached hydrogens (primary N) is 1. The molecule has 1 aliphatic rings. The Bertz CT molecular complexity index is 182. The minimum Gasteiger partial charge on any atom is -0.351 e. The van der Waals surface area contributed by atoms with Gasteiger partial charge in [0.2, 0.25) is 5.91 Å². The summed E-state index contributed by atoms with van der Waals surface area (Å²) in [7, 11) is 2.07. The number of likely N-dealkylation sites (tertiary alicyclic amines) is 1. The maximum absolute atomic E-state index is 11.3. The number of hydrogen-bond acceptors (Lipinski definition) is 3. The van der Waals surface area contributed by atoms with E-state index in [1.165, 1.54) is 0 Å². The lowest BCUT2D eigenvalue weighted by Crippen LogP contribution is -2.50. The van der Waals surface area contributed by atoms with Crippen LogP contribution in [0.15, 0.2) is 0 Å². The minimum absolute atomic E-state index is 0.0414.